The summed E-state index contributed by atoms with van der Waals surface area (Å²) in [6.07, 6.45) is -0.698. The van der Waals surface area contributed by atoms with Gasteiger partial charge >= 0.3 is 0 Å². The fourth-order valence-electron chi connectivity index (χ4n) is 4.17. The van der Waals surface area contributed by atoms with Crippen molar-refractivity contribution in [3.05, 3.63) is 59.2 Å². The van der Waals surface area contributed by atoms with Crippen molar-refractivity contribution in [2.24, 2.45) is 5.92 Å². The van der Waals surface area contributed by atoms with Crippen molar-refractivity contribution in [2.75, 3.05) is 37.2 Å². The maximum atomic E-state index is 13.6. The summed E-state index contributed by atoms with van der Waals surface area (Å²) in [7, 11) is -3.74. The maximum Gasteiger partial charge on any atom is 0.264 e. The van der Waals surface area contributed by atoms with E-state index in [1.807, 2.05) is 52.8 Å². The quantitative estimate of drug-likeness (QED) is 0.647. The van der Waals surface area contributed by atoms with Gasteiger partial charge in [-0.2, -0.15) is 0 Å². The number of nitrogens with zero attached hydrogens (tertiary/aromatic N) is 2. The minimum atomic E-state index is -3.74. The van der Waals surface area contributed by atoms with Crippen molar-refractivity contribution in [1.29, 1.82) is 0 Å². The number of rotatable bonds is 8. The van der Waals surface area contributed by atoms with Crippen molar-refractivity contribution in [3.63, 3.8) is 0 Å². The summed E-state index contributed by atoms with van der Waals surface area (Å²) in [4.78, 5) is 2.43. The zero-order chi connectivity index (χ0) is 23.5. The lowest BCUT2D eigenvalue weighted by atomic mass is 10.0. The van der Waals surface area contributed by atoms with Crippen molar-refractivity contribution in [2.45, 2.75) is 51.7 Å². The molecule has 1 N–H and O–H groups in total. The predicted octanol–water partition coefficient (Wildman–Crippen LogP) is 3.91. The SMILES string of the molecule is Cc1ccc(N(CC(C)C)S(=O)(=O)c2ccc(C(O)C(C)N3CCOCC3)cc2)c(C)c1. The van der Waals surface area contributed by atoms with Gasteiger partial charge in [0.1, 0.15) is 0 Å². The second-order valence-corrected chi connectivity index (χ2v) is 11.0. The number of anilines is 1. The van der Waals surface area contributed by atoms with E-state index in [2.05, 4.69) is 4.90 Å². The molecule has 0 amide bonds. The molecule has 32 heavy (non-hydrogen) atoms. The van der Waals surface area contributed by atoms with Gasteiger partial charge in [-0.25, -0.2) is 8.42 Å². The van der Waals surface area contributed by atoms with E-state index in [-0.39, 0.29) is 16.9 Å². The number of aliphatic hydroxyl groups is 1. The Bertz CT molecular complexity index is 999. The van der Waals surface area contributed by atoms with Crippen LogP contribution in [0.5, 0.6) is 0 Å². The summed E-state index contributed by atoms with van der Waals surface area (Å²) in [6, 6.07) is 12.4. The van der Waals surface area contributed by atoms with Crippen molar-refractivity contribution >= 4 is 15.7 Å². The topological polar surface area (TPSA) is 70.1 Å². The molecule has 0 aromatic heterocycles. The molecular weight excluding hydrogens is 424 g/mol. The highest BCUT2D eigenvalue weighted by molar-refractivity contribution is 7.92. The fraction of sp³-hybridized carbons (Fsp3) is 0.520. The third kappa shape index (κ3) is 5.52. The zero-order valence-corrected chi connectivity index (χ0v) is 20.6. The lowest BCUT2D eigenvalue weighted by Gasteiger charge is -2.35. The van der Waals surface area contributed by atoms with Crippen LogP contribution in [0.3, 0.4) is 0 Å². The summed E-state index contributed by atoms with van der Waals surface area (Å²) in [5, 5.41) is 10.9. The molecule has 176 valence electrons. The number of hydrogen-bond acceptors (Lipinski definition) is 5. The van der Waals surface area contributed by atoms with Gasteiger partial charge in [-0.15, -0.1) is 0 Å². The molecule has 2 atom stereocenters. The molecule has 7 heteroatoms. The average molecular weight is 461 g/mol. The number of aliphatic hydroxyl groups excluding tert-OH is 1. The van der Waals surface area contributed by atoms with Crippen LogP contribution in [0.2, 0.25) is 0 Å². The number of aryl methyl sites for hydroxylation is 2. The molecule has 2 aromatic rings. The largest absolute Gasteiger partial charge is 0.387 e. The molecule has 1 aliphatic heterocycles. The smallest absolute Gasteiger partial charge is 0.264 e. The maximum absolute atomic E-state index is 13.6. The van der Waals surface area contributed by atoms with E-state index < -0.39 is 16.1 Å². The first kappa shape index (κ1) is 24.7. The van der Waals surface area contributed by atoms with Gasteiger partial charge < -0.3 is 9.84 Å². The standard InChI is InChI=1S/C25H36N2O4S/c1-18(2)17-27(24-11-6-19(3)16-20(24)4)32(29,30)23-9-7-22(8-10-23)25(28)21(5)26-12-14-31-15-13-26/h6-11,16,18,21,25,28H,12-15,17H2,1-5H3. The molecular formula is C25H36N2O4S. The fourth-order valence-corrected chi connectivity index (χ4v) is 5.86. The van der Waals surface area contributed by atoms with E-state index >= 15 is 0 Å². The van der Waals surface area contributed by atoms with Gasteiger partial charge in [-0.1, -0.05) is 43.7 Å². The first-order valence-corrected chi connectivity index (χ1v) is 12.7. The lowest BCUT2D eigenvalue weighted by Crippen LogP contribution is -2.44. The molecule has 0 aliphatic carbocycles. The molecule has 0 saturated carbocycles. The molecule has 1 saturated heterocycles. The Morgan fingerprint density at radius 3 is 2.22 bits per heavy atom. The highest BCUT2D eigenvalue weighted by atomic mass is 32.2. The van der Waals surface area contributed by atoms with E-state index in [1.54, 1.807) is 24.3 Å². The first-order valence-electron chi connectivity index (χ1n) is 11.3. The molecule has 0 radical (unpaired) electrons. The summed E-state index contributed by atoms with van der Waals surface area (Å²) in [5.41, 5.74) is 3.45. The second-order valence-electron chi connectivity index (χ2n) is 9.12. The third-order valence-corrected chi connectivity index (χ3v) is 7.83. The molecule has 3 rings (SSSR count). The Balaban J connectivity index is 1.87. The number of benzene rings is 2. The Hall–Kier alpha value is -1.93. The molecule has 6 nitrogen and oxygen atoms in total. The monoisotopic (exact) mass is 460 g/mol. The van der Waals surface area contributed by atoms with Crippen LogP contribution < -0.4 is 4.31 Å². The van der Waals surface area contributed by atoms with Crippen LogP contribution in [-0.2, 0) is 14.8 Å². The van der Waals surface area contributed by atoms with Crippen molar-refractivity contribution in [3.8, 4) is 0 Å². The van der Waals surface area contributed by atoms with Gasteiger partial charge in [0.2, 0.25) is 0 Å². The van der Waals surface area contributed by atoms with Gasteiger partial charge in [0.05, 0.1) is 29.9 Å². The first-order chi connectivity index (χ1) is 15.1. The molecule has 2 aromatic carbocycles. The summed E-state index contributed by atoms with van der Waals surface area (Å²) in [6.45, 7) is 13.2. The van der Waals surface area contributed by atoms with E-state index in [1.165, 1.54) is 4.31 Å². The summed E-state index contributed by atoms with van der Waals surface area (Å²) >= 11 is 0. The Morgan fingerprint density at radius 1 is 1.03 bits per heavy atom. The van der Waals surface area contributed by atoms with Gasteiger partial charge in [0.25, 0.3) is 10.0 Å². The molecule has 1 heterocycles. The average Bonchev–Trinajstić information content (AvgIpc) is 2.77. The van der Waals surface area contributed by atoms with Gasteiger partial charge in [0, 0.05) is 25.7 Å². The van der Waals surface area contributed by atoms with Crippen LogP contribution in [0.25, 0.3) is 0 Å². The van der Waals surface area contributed by atoms with Crippen molar-refractivity contribution in [1.82, 2.24) is 4.90 Å². The van der Waals surface area contributed by atoms with E-state index in [9.17, 15) is 13.5 Å². The Kier molecular flexibility index (Phi) is 7.98. The van der Waals surface area contributed by atoms with Crippen LogP contribution in [-0.4, -0.2) is 57.3 Å². The minimum absolute atomic E-state index is 0.0750. The number of ether oxygens (including phenoxy) is 1. The normalized spacial score (nSPS) is 17.3. The molecule has 0 bridgehead atoms. The highest BCUT2D eigenvalue weighted by Crippen LogP contribution is 2.30. The molecule has 2 unspecified atom stereocenters. The van der Waals surface area contributed by atoms with Crippen molar-refractivity contribution < 1.29 is 18.3 Å². The number of hydrogen-bond donors (Lipinski definition) is 1. The van der Waals surface area contributed by atoms with Crippen LogP contribution in [0.4, 0.5) is 5.69 Å². The Labute approximate surface area is 192 Å². The Morgan fingerprint density at radius 2 is 1.66 bits per heavy atom. The lowest BCUT2D eigenvalue weighted by molar-refractivity contribution is -0.0166. The number of morpholine rings is 1. The van der Waals surface area contributed by atoms with Gasteiger partial charge in [-0.05, 0) is 56.0 Å². The predicted molar refractivity (Wildman–Crippen MR) is 129 cm³/mol. The van der Waals surface area contributed by atoms with E-state index in [4.69, 9.17) is 4.74 Å². The molecule has 1 fully saturated rings. The zero-order valence-electron chi connectivity index (χ0n) is 19.8. The number of sulfonamides is 1. The van der Waals surface area contributed by atoms with Crippen LogP contribution in [0, 0.1) is 19.8 Å². The van der Waals surface area contributed by atoms with Crippen LogP contribution in [0.1, 0.15) is 43.6 Å². The van der Waals surface area contributed by atoms with Gasteiger partial charge in [-0.3, -0.25) is 9.21 Å². The van der Waals surface area contributed by atoms with E-state index in [0.29, 0.717) is 31.0 Å². The summed E-state index contributed by atoms with van der Waals surface area (Å²) < 4.78 is 34.1. The van der Waals surface area contributed by atoms with Crippen LogP contribution in [0.15, 0.2) is 47.4 Å². The molecule has 1 aliphatic rings. The van der Waals surface area contributed by atoms with Gasteiger partial charge in [0.15, 0.2) is 0 Å². The molecule has 0 spiro atoms. The highest BCUT2D eigenvalue weighted by Gasteiger charge is 2.28. The van der Waals surface area contributed by atoms with E-state index in [0.717, 1.165) is 24.2 Å². The summed E-state index contributed by atoms with van der Waals surface area (Å²) in [5.74, 6) is 0.168. The second kappa shape index (κ2) is 10.3. The minimum Gasteiger partial charge on any atom is -0.387 e. The van der Waals surface area contributed by atoms with Crippen LogP contribution >= 0.6 is 0 Å². The third-order valence-electron chi connectivity index (χ3n) is 6.04.